The zero-order chi connectivity index (χ0) is 19.9. The van der Waals surface area contributed by atoms with Gasteiger partial charge in [-0.25, -0.2) is 9.97 Å². The van der Waals surface area contributed by atoms with E-state index >= 15 is 0 Å². The van der Waals surface area contributed by atoms with Crippen molar-refractivity contribution in [3.05, 3.63) is 58.3 Å². The van der Waals surface area contributed by atoms with Crippen molar-refractivity contribution < 1.29 is 4.74 Å². The molecule has 3 rings (SSSR count). The number of methoxy groups -OCH3 is 1. The van der Waals surface area contributed by atoms with Crippen molar-refractivity contribution in [2.45, 2.75) is 6.42 Å². The highest BCUT2D eigenvalue weighted by Crippen LogP contribution is 2.25. The maximum atomic E-state index is 5.20. The van der Waals surface area contributed by atoms with Crippen LogP contribution in [0.3, 0.4) is 0 Å². The van der Waals surface area contributed by atoms with Crippen molar-refractivity contribution in [3.63, 3.8) is 0 Å². The van der Waals surface area contributed by atoms with Crippen LogP contribution in [0, 0.1) is 0 Å². The van der Waals surface area contributed by atoms with Crippen LogP contribution >= 0.6 is 15.9 Å². The van der Waals surface area contributed by atoms with Gasteiger partial charge in [-0.05, 0) is 69.0 Å². The van der Waals surface area contributed by atoms with E-state index in [0.29, 0.717) is 5.82 Å². The summed E-state index contributed by atoms with van der Waals surface area (Å²) in [5, 5.41) is 4.49. The summed E-state index contributed by atoms with van der Waals surface area (Å²) in [7, 11) is 5.83. The van der Waals surface area contributed by atoms with Crippen molar-refractivity contribution in [2.75, 3.05) is 39.6 Å². The molecule has 0 bridgehead atoms. The van der Waals surface area contributed by atoms with Crippen molar-refractivity contribution in [2.24, 2.45) is 0 Å². The predicted molar refractivity (Wildman–Crippen MR) is 121 cm³/mol. The highest BCUT2D eigenvalue weighted by atomic mass is 79.9. The first-order valence-electron chi connectivity index (χ1n) is 9.23. The Kier molecular flexibility index (Phi) is 7.01. The third kappa shape index (κ3) is 5.53. The summed E-state index contributed by atoms with van der Waals surface area (Å²) in [6.45, 7) is 1.89. The van der Waals surface area contributed by atoms with Gasteiger partial charge in [-0.2, -0.15) is 0 Å². The molecule has 146 valence electrons. The number of ether oxygens (including phenoxy) is 1. The van der Waals surface area contributed by atoms with Gasteiger partial charge in [0.05, 0.1) is 12.6 Å². The van der Waals surface area contributed by atoms with Gasteiger partial charge in [-0.15, -0.1) is 0 Å². The van der Waals surface area contributed by atoms with Gasteiger partial charge >= 0.3 is 0 Å². The molecule has 0 aliphatic heterocycles. The number of nitrogens with one attached hydrogen (secondary N) is 1. The summed E-state index contributed by atoms with van der Waals surface area (Å²) in [4.78, 5) is 11.6. The lowest BCUT2D eigenvalue weighted by Crippen LogP contribution is -2.17. The molecule has 2 aromatic carbocycles. The van der Waals surface area contributed by atoms with Crippen LogP contribution in [0.25, 0.3) is 23.1 Å². The minimum Gasteiger partial charge on any atom is -0.497 e. The summed E-state index contributed by atoms with van der Waals surface area (Å²) in [6, 6.07) is 14.0. The minimum atomic E-state index is 0.681. The number of hydrogen-bond donors (Lipinski definition) is 1. The monoisotopic (exact) mass is 440 g/mol. The number of aromatic nitrogens is 2. The molecule has 0 radical (unpaired) electrons. The summed E-state index contributed by atoms with van der Waals surface area (Å²) in [5.41, 5.74) is 1.99. The largest absolute Gasteiger partial charge is 0.497 e. The highest BCUT2D eigenvalue weighted by molar-refractivity contribution is 9.10. The van der Waals surface area contributed by atoms with E-state index in [-0.39, 0.29) is 0 Å². The van der Waals surface area contributed by atoms with Crippen molar-refractivity contribution >= 4 is 44.8 Å². The van der Waals surface area contributed by atoms with Crippen molar-refractivity contribution in [1.29, 1.82) is 0 Å². The van der Waals surface area contributed by atoms with E-state index in [1.54, 1.807) is 7.11 Å². The molecule has 1 N–H and O–H groups in total. The third-order valence-electron chi connectivity index (χ3n) is 4.29. The lowest BCUT2D eigenvalue weighted by molar-refractivity contribution is 0.405. The van der Waals surface area contributed by atoms with Crippen LogP contribution in [0.1, 0.15) is 17.8 Å². The van der Waals surface area contributed by atoms with Crippen LogP contribution in [-0.4, -0.2) is 49.2 Å². The molecule has 1 aromatic heterocycles. The van der Waals surface area contributed by atoms with Crippen LogP contribution in [0.5, 0.6) is 5.75 Å². The van der Waals surface area contributed by atoms with Crippen LogP contribution in [0.4, 0.5) is 5.82 Å². The van der Waals surface area contributed by atoms with Crippen LogP contribution in [-0.2, 0) is 0 Å². The average molecular weight is 441 g/mol. The lowest BCUT2D eigenvalue weighted by atomic mass is 10.2. The molecule has 0 aliphatic rings. The molecule has 0 unspecified atom stereocenters. The van der Waals surface area contributed by atoms with E-state index in [4.69, 9.17) is 14.7 Å². The highest BCUT2D eigenvalue weighted by Gasteiger charge is 2.07. The second-order valence-corrected chi connectivity index (χ2v) is 7.70. The fourth-order valence-electron chi connectivity index (χ4n) is 2.82. The summed E-state index contributed by atoms with van der Waals surface area (Å²) in [5.74, 6) is 2.38. The van der Waals surface area contributed by atoms with Gasteiger partial charge < -0.3 is 15.0 Å². The smallest absolute Gasteiger partial charge is 0.154 e. The zero-order valence-electron chi connectivity index (χ0n) is 16.4. The Morgan fingerprint density at radius 1 is 1.07 bits per heavy atom. The Bertz CT molecular complexity index is 955. The molecule has 0 spiro atoms. The summed E-state index contributed by atoms with van der Waals surface area (Å²) < 4.78 is 6.22. The Hall–Kier alpha value is -2.44. The molecule has 28 heavy (non-hydrogen) atoms. The molecule has 0 saturated heterocycles. The molecule has 0 atom stereocenters. The fraction of sp³-hybridized carbons (Fsp3) is 0.273. The summed E-state index contributed by atoms with van der Waals surface area (Å²) >= 11 is 3.54. The van der Waals surface area contributed by atoms with Gasteiger partial charge in [0.15, 0.2) is 5.82 Å². The number of benzene rings is 2. The van der Waals surface area contributed by atoms with E-state index in [1.807, 2.05) is 48.6 Å². The Morgan fingerprint density at radius 3 is 2.57 bits per heavy atom. The standard InChI is InChI=1S/C22H25BrN4O/c1-27(2)14-4-13-24-22-19-15-17(23)8-11-20(19)25-21(26-22)12-7-16-5-9-18(28-3)10-6-16/h5-12,15H,4,13-14H2,1-3H3,(H,24,25,26)/b12-7+. The Labute approximate surface area is 174 Å². The van der Waals surface area contributed by atoms with Gasteiger partial charge in [0.25, 0.3) is 0 Å². The number of halogens is 1. The second-order valence-electron chi connectivity index (χ2n) is 6.78. The number of hydrogen-bond acceptors (Lipinski definition) is 5. The molecule has 6 heteroatoms. The number of rotatable bonds is 8. The number of nitrogens with zero attached hydrogens (tertiary/aromatic N) is 3. The maximum absolute atomic E-state index is 5.20. The first kappa shape index (κ1) is 20.3. The topological polar surface area (TPSA) is 50.3 Å². The fourth-order valence-corrected chi connectivity index (χ4v) is 3.18. The molecular weight excluding hydrogens is 416 g/mol. The quantitative estimate of drug-likeness (QED) is 0.502. The third-order valence-corrected chi connectivity index (χ3v) is 4.78. The second kappa shape index (κ2) is 9.66. The van der Waals surface area contributed by atoms with E-state index in [2.05, 4.69) is 46.3 Å². The van der Waals surface area contributed by atoms with Crippen molar-refractivity contribution in [1.82, 2.24) is 14.9 Å². The average Bonchev–Trinajstić information content (AvgIpc) is 2.70. The first-order chi connectivity index (χ1) is 13.5. The zero-order valence-corrected chi connectivity index (χ0v) is 18.0. The molecule has 0 fully saturated rings. The molecular formula is C22H25BrN4O. The van der Waals surface area contributed by atoms with Gasteiger partial charge in [-0.3, -0.25) is 0 Å². The number of fused-ring (bicyclic) bond motifs is 1. The molecule has 5 nitrogen and oxygen atoms in total. The van der Waals surface area contributed by atoms with Gasteiger partial charge in [0, 0.05) is 16.4 Å². The van der Waals surface area contributed by atoms with Gasteiger partial charge in [0.1, 0.15) is 11.6 Å². The molecule has 1 heterocycles. The predicted octanol–water partition coefficient (Wildman–Crippen LogP) is 4.93. The van der Waals surface area contributed by atoms with E-state index < -0.39 is 0 Å². The lowest BCUT2D eigenvalue weighted by Gasteiger charge is -2.12. The number of anilines is 1. The van der Waals surface area contributed by atoms with Gasteiger partial charge in [0.2, 0.25) is 0 Å². The van der Waals surface area contributed by atoms with Crippen LogP contribution in [0.15, 0.2) is 46.9 Å². The molecule has 0 aliphatic carbocycles. The van der Waals surface area contributed by atoms with Gasteiger partial charge in [-0.1, -0.05) is 34.1 Å². The molecule has 0 amide bonds. The van der Waals surface area contributed by atoms with E-state index in [9.17, 15) is 0 Å². The summed E-state index contributed by atoms with van der Waals surface area (Å²) in [6.07, 6.45) is 4.99. The molecule has 0 saturated carbocycles. The Morgan fingerprint density at radius 2 is 1.86 bits per heavy atom. The Balaban J connectivity index is 1.85. The normalized spacial score (nSPS) is 11.5. The maximum Gasteiger partial charge on any atom is 0.154 e. The van der Waals surface area contributed by atoms with Crippen LogP contribution in [0.2, 0.25) is 0 Å². The van der Waals surface area contributed by atoms with Crippen molar-refractivity contribution in [3.8, 4) is 5.75 Å². The minimum absolute atomic E-state index is 0.681. The van der Waals surface area contributed by atoms with Crippen LogP contribution < -0.4 is 10.1 Å². The van der Waals surface area contributed by atoms with E-state index in [0.717, 1.165) is 52.0 Å². The molecule has 3 aromatic rings. The van der Waals surface area contributed by atoms with E-state index in [1.165, 1.54) is 0 Å². The first-order valence-corrected chi connectivity index (χ1v) is 10.0. The SMILES string of the molecule is COc1ccc(/C=C/c2nc(NCCCN(C)C)c3cc(Br)ccc3n2)cc1.